The number of halogens is 2. The molecule has 0 fully saturated rings. The summed E-state index contributed by atoms with van der Waals surface area (Å²) in [7, 11) is 0. The molecule has 1 amide bonds. The zero-order valence-electron chi connectivity index (χ0n) is 9.71. The van der Waals surface area contributed by atoms with Crippen LogP contribution in [-0.2, 0) is 0 Å². The number of nitrogens with one attached hydrogen (secondary N) is 1. The summed E-state index contributed by atoms with van der Waals surface area (Å²) in [6, 6.07) is 4.82. The highest BCUT2D eigenvalue weighted by Gasteiger charge is 2.18. The van der Waals surface area contributed by atoms with Gasteiger partial charge in [-0.25, -0.2) is 0 Å². The van der Waals surface area contributed by atoms with Crippen LogP contribution in [0.2, 0.25) is 5.02 Å². The second-order valence-corrected chi connectivity index (χ2v) is 5.45. The van der Waals surface area contributed by atoms with E-state index in [4.69, 9.17) is 16.7 Å². The molecule has 1 rings (SSSR count). The van der Waals surface area contributed by atoms with Crippen molar-refractivity contribution in [1.82, 2.24) is 5.32 Å². The Kier molecular flexibility index (Phi) is 5.43. The molecular formula is C12H15BrClNO2. The van der Waals surface area contributed by atoms with E-state index in [0.717, 1.165) is 4.47 Å². The highest BCUT2D eigenvalue weighted by molar-refractivity contribution is 9.10. The number of rotatable bonds is 4. The third kappa shape index (κ3) is 3.98. The van der Waals surface area contributed by atoms with Crippen molar-refractivity contribution in [3.05, 3.63) is 33.3 Å². The molecule has 1 aromatic carbocycles. The van der Waals surface area contributed by atoms with E-state index in [-0.39, 0.29) is 24.5 Å². The molecular weight excluding hydrogens is 305 g/mol. The summed E-state index contributed by atoms with van der Waals surface area (Å²) in [6.07, 6.45) is 0. The first-order valence-electron chi connectivity index (χ1n) is 5.32. The average molecular weight is 321 g/mol. The minimum Gasteiger partial charge on any atom is -0.394 e. The lowest BCUT2D eigenvalue weighted by Crippen LogP contribution is -2.41. The lowest BCUT2D eigenvalue weighted by atomic mass is 10.0. The zero-order chi connectivity index (χ0) is 13.0. The molecule has 5 heteroatoms. The van der Waals surface area contributed by atoms with Crippen molar-refractivity contribution >= 4 is 33.4 Å². The minimum atomic E-state index is -0.274. The third-order valence-corrected chi connectivity index (χ3v) is 3.31. The maximum atomic E-state index is 12.0. The number of carbonyl (C=O) groups is 1. The van der Waals surface area contributed by atoms with Crippen LogP contribution >= 0.6 is 27.5 Å². The maximum Gasteiger partial charge on any atom is 0.253 e. The van der Waals surface area contributed by atoms with Gasteiger partial charge in [0.05, 0.1) is 23.2 Å². The summed E-state index contributed by atoms with van der Waals surface area (Å²) in [4.78, 5) is 12.0. The summed E-state index contributed by atoms with van der Waals surface area (Å²) in [5, 5.41) is 12.3. The van der Waals surface area contributed by atoms with E-state index in [9.17, 15) is 4.79 Å². The Bertz CT molecular complexity index is 409. The molecule has 0 bridgehead atoms. The maximum absolute atomic E-state index is 12.0. The molecule has 0 heterocycles. The Morgan fingerprint density at radius 2 is 2.18 bits per heavy atom. The van der Waals surface area contributed by atoms with E-state index in [0.29, 0.717) is 10.6 Å². The number of benzene rings is 1. The third-order valence-electron chi connectivity index (χ3n) is 2.49. The smallest absolute Gasteiger partial charge is 0.253 e. The number of carbonyl (C=O) groups excluding carboxylic acids is 1. The molecule has 0 aliphatic carbocycles. The summed E-state index contributed by atoms with van der Waals surface area (Å²) in [5.74, 6) is -0.112. The second-order valence-electron chi connectivity index (χ2n) is 4.13. The first-order chi connectivity index (χ1) is 7.95. The van der Waals surface area contributed by atoms with Gasteiger partial charge in [0.2, 0.25) is 0 Å². The Morgan fingerprint density at radius 3 is 2.71 bits per heavy atom. The molecule has 0 saturated carbocycles. The summed E-state index contributed by atoms with van der Waals surface area (Å²) < 4.78 is 0.789. The van der Waals surface area contributed by atoms with Crippen molar-refractivity contribution in [1.29, 1.82) is 0 Å². The van der Waals surface area contributed by atoms with Crippen molar-refractivity contribution in [3.63, 3.8) is 0 Å². The highest BCUT2D eigenvalue weighted by Crippen LogP contribution is 2.21. The molecule has 1 unspecified atom stereocenters. The van der Waals surface area contributed by atoms with Crippen molar-refractivity contribution in [2.24, 2.45) is 5.92 Å². The van der Waals surface area contributed by atoms with Crippen LogP contribution in [0, 0.1) is 5.92 Å². The fourth-order valence-electron chi connectivity index (χ4n) is 1.34. The SMILES string of the molecule is CC(C)C(CO)NC(=O)c1cc(Br)ccc1Cl. The molecule has 0 saturated heterocycles. The monoisotopic (exact) mass is 319 g/mol. The Labute approximate surface area is 114 Å². The molecule has 1 atom stereocenters. The van der Waals surface area contributed by atoms with Gasteiger partial charge in [0.1, 0.15) is 0 Å². The van der Waals surface area contributed by atoms with Crippen molar-refractivity contribution < 1.29 is 9.90 Å². The molecule has 2 N–H and O–H groups in total. The van der Waals surface area contributed by atoms with Gasteiger partial charge in [-0.3, -0.25) is 4.79 Å². The largest absolute Gasteiger partial charge is 0.394 e. The molecule has 1 aromatic rings. The predicted molar refractivity (Wildman–Crippen MR) is 72.3 cm³/mol. The van der Waals surface area contributed by atoms with Crippen LogP contribution in [0.4, 0.5) is 0 Å². The number of aliphatic hydroxyl groups is 1. The quantitative estimate of drug-likeness (QED) is 0.896. The zero-order valence-corrected chi connectivity index (χ0v) is 12.0. The normalized spacial score (nSPS) is 12.6. The molecule has 0 spiro atoms. The van der Waals surface area contributed by atoms with Crippen LogP contribution in [0.15, 0.2) is 22.7 Å². The van der Waals surface area contributed by atoms with Crippen molar-refractivity contribution in [2.45, 2.75) is 19.9 Å². The molecule has 17 heavy (non-hydrogen) atoms. The second kappa shape index (κ2) is 6.38. The fraction of sp³-hybridized carbons (Fsp3) is 0.417. The van der Waals surface area contributed by atoms with Crippen molar-refractivity contribution in [2.75, 3.05) is 6.61 Å². The number of hydrogen-bond acceptors (Lipinski definition) is 2. The Morgan fingerprint density at radius 1 is 1.53 bits per heavy atom. The van der Waals surface area contributed by atoms with Gasteiger partial charge in [0.25, 0.3) is 5.91 Å². The average Bonchev–Trinajstić information content (AvgIpc) is 2.28. The Balaban J connectivity index is 2.86. The summed E-state index contributed by atoms with van der Waals surface area (Å²) in [6.45, 7) is 3.78. The minimum absolute atomic E-state index is 0.0883. The van der Waals surface area contributed by atoms with Crippen LogP contribution < -0.4 is 5.32 Å². The number of aliphatic hydroxyl groups excluding tert-OH is 1. The van der Waals surface area contributed by atoms with Crippen LogP contribution in [-0.4, -0.2) is 23.7 Å². The number of hydrogen-bond donors (Lipinski definition) is 2. The van der Waals surface area contributed by atoms with Gasteiger partial charge in [-0.05, 0) is 24.1 Å². The van der Waals surface area contributed by atoms with Gasteiger partial charge in [-0.1, -0.05) is 41.4 Å². The van der Waals surface area contributed by atoms with Gasteiger partial charge in [-0.15, -0.1) is 0 Å². The fourth-order valence-corrected chi connectivity index (χ4v) is 1.91. The molecule has 0 aromatic heterocycles. The molecule has 3 nitrogen and oxygen atoms in total. The first kappa shape index (κ1) is 14.5. The Hall–Kier alpha value is -0.580. The van der Waals surface area contributed by atoms with Gasteiger partial charge < -0.3 is 10.4 Å². The van der Waals surface area contributed by atoms with E-state index in [2.05, 4.69) is 21.2 Å². The van der Waals surface area contributed by atoms with Crippen LogP contribution in [0.25, 0.3) is 0 Å². The standard InChI is InChI=1S/C12H15BrClNO2/c1-7(2)11(6-16)15-12(17)9-5-8(13)3-4-10(9)14/h3-5,7,11,16H,6H2,1-2H3,(H,15,17). The van der Waals surface area contributed by atoms with Crippen LogP contribution in [0.5, 0.6) is 0 Å². The van der Waals surface area contributed by atoms with Gasteiger partial charge in [-0.2, -0.15) is 0 Å². The molecule has 94 valence electrons. The topological polar surface area (TPSA) is 49.3 Å². The van der Waals surface area contributed by atoms with Gasteiger partial charge >= 0.3 is 0 Å². The first-order valence-corrected chi connectivity index (χ1v) is 6.49. The van der Waals surface area contributed by atoms with E-state index in [1.807, 2.05) is 13.8 Å². The van der Waals surface area contributed by atoms with E-state index < -0.39 is 0 Å². The van der Waals surface area contributed by atoms with Crippen LogP contribution in [0.1, 0.15) is 24.2 Å². The summed E-state index contributed by atoms with van der Waals surface area (Å²) >= 11 is 9.24. The van der Waals surface area contributed by atoms with Gasteiger partial charge in [0, 0.05) is 4.47 Å². The number of amides is 1. The highest BCUT2D eigenvalue weighted by atomic mass is 79.9. The molecule has 0 radical (unpaired) electrons. The molecule has 0 aliphatic rings. The van der Waals surface area contributed by atoms with E-state index in [1.54, 1.807) is 18.2 Å². The van der Waals surface area contributed by atoms with Gasteiger partial charge in [0.15, 0.2) is 0 Å². The van der Waals surface area contributed by atoms with E-state index in [1.165, 1.54) is 0 Å². The van der Waals surface area contributed by atoms with Crippen molar-refractivity contribution in [3.8, 4) is 0 Å². The van der Waals surface area contributed by atoms with Crippen LogP contribution in [0.3, 0.4) is 0 Å². The predicted octanol–water partition coefficient (Wildman–Crippen LogP) is 2.85. The summed E-state index contributed by atoms with van der Waals surface area (Å²) in [5.41, 5.74) is 0.403. The lowest BCUT2D eigenvalue weighted by Gasteiger charge is -2.20. The lowest BCUT2D eigenvalue weighted by molar-refractivity contribution is 0.0897. The molecule has 0 aliphatic heterocycles. The van der Waals surface area contributed by atoms with E-state index >= 15 is 0 Å².